The second-order valence-electron chi connectivity index (χ2n) is 12.7. The molecule has 4 aromatic carbocycles. The average molecular weight is 690 g/mol. The summed E-state index contributed by atoms with van der Waals surface area (Å²) in [5.41, 5.74) is 4.09. The summed E-state index contributed by atoms with van der Waals surface area (Å²) in [5, 5.41) is 27.9. The van der Waals surface area contributed by atoms with Gasteiger partial charge in [-0.1, -0.05) is 84.9 Å². The molecule has 0 spiro atoms. The molecule has 51 heavy (non-hydrogen) atoms. The second-order valence-corrected chi connectivity index (χ2v) is 12.7. The third kappa shape index (κ3) is 9.40. The highest BCUT2D eigenvalue weighted by atomic mass is 16.6. The van der Waals surface area contributed by atoms with Gasteiger partial charge in [0.25, 0.3) is 0 Å². The second kappa shape index (κ2) is 16.9. The molecule has 1 unspecified atom stereocenters. The molecule has 0 saturated carbocycles. The van der Waals surface area contributed by atoms with Crippen LogP contribution in [0, 0.1) is 0 Å². The summed E-state index contributed by atoms with van der Waals surface area (Å²) in [6.45, 7) is 2.77. The molecule has 0 aliphatic carbocycles. The molecule has 1 aliphatic rings. The summed E-state index contributed by atoms with van der Waals surface area (Å²) in [6.07, 6.45) is 0.0303. The first-order chi connectivity index (χ1) is 24.8. The van der Waals surface area contributed by atoms with Gasteiger partial charge in [-0.25, -0.2) is 4.79 Å². The smallest absolute Gasteiger partial charge is 0.411 e. The van der Waals surface area contributed by atoms with Crippen molar-refractivity contribution < 1.29 is 24.5 Å². The van der Waals surface area contributed by atoms with Crippen LogP contribution in [0.2, 0.25) is 0 Å². The fourth-order valence-electron chi connectivity index (χ4n) is 6.45. The maximum atomic E-state index is 13.6. The van der Waals surface area contributed by atoms with Gasteiger partial charge in [-0.15, -0.1) is 0 Å². The number of benzene rings is 4. The lowest BCUT2D eigenvalue weighted by Gasteiger charge is -2.32. The number of rotatable bonds is 13. The minimum absolute atomic E-state index is 0.0247. The maximum absolute atomic E-state index is 13.6. The first kappa shape index (κ1) is 35.3. The van der Waals surface area contributed by atoms with Crippen LogP contribution in [0.1, 0.15) is 36.5 Å². The first-order valence-corrected chi connectivity index (χ1v) is 17.2. The molecule has 5 aromatic rings. The van der Waals surface area contributed by atoms with Crippen LogP contribution >= 0.6 is 0 Å². The van der Waals surface area contributed by atoms with Crippen LogP contribution in [-0.4, -0.2) is 75.9 Å². The van der Waals surface area contributed by atoms with Gasteiger partial charge in [0, 0.05) is 56.2 Å². The fraction of sp³-hybridized carbons (Fsp3) is 0.275. The number of hydrogen-bond donors (Lipinski definition) is 5. The Bertz CT molecular complexity index is 1980. The van der Waals surface area contributed by atoms with Gasteiger partial charge in [0.2, 0.25) is 11.5 Å². The first-order valence-electron chi connectivity index (χ1n) is 17.2. The molecular formula is C40H43N5O6. The number of ether oxygens (including phenoxy) is 1. The minimum Gasteiger partial charge on any atom is -0.506 e. The predicted molar refractivity (Wildman–Crippen MR) is 197 cm³/mol. The van der Waals surface area contributed by atoms with E-state index in [1.807, 2.05) is 84.9 Å². The van der Waals surface area contributed by atoms with Crippen LogP contribution < -0.4 is 16.2 Å². The van der Waals surface area contributed by atoms with E-state index in [0.717, 1.165) is 16.7 Å². The summed E-state index contributed by atoms with van der Waals surface area (Å²) in [6, 6.07) is 33.3. The van der Waals surface area contributed by atoms with Crippen LogP contribution in [0.3, 0.4) is 0 Å². The van der Waals surface area contributed by atoms with E-state index in [-0.39, 0.29) is 42.1 Å². The quantitative estimate of drug-likeness (QED) is 0.100. The number of anilines is 1. The number of aromatic hydroxyl groups is 1. The summed E-state index contributed by atoms with van der Waals surface area (Å²) in [4.78, 5) is 44.8. The number of aromatic amines is 1. The summed E-state index contributed by atoms with van der Waals surface area (Å²) in [7, 11) is 0. The Labute approximate surface area is 296 Å². The summed E-state index contributed by atoms with van der Waals surface area (Å²) < 4.78 is 5.79. The van der Waals surface area contributed by atoms with Crippen molar-refractivity contribution in [1.29, 1.82) is 0 Å². The number of aliphatic hydroxyl groups excluding tert-OH is 1. The van der Waals surface area contributed by atoms with E-state index in [1.54, 1.807) is 17.0 Å². The van der Waals surface area contributed by atoms with Gasteiger partial charge in [0.1, 0.15) is 11.9 Å². The molecule has 11 heteroatoms. The number of nitrogens with one attached hydrogen (secondary N) is 3. The fourth-order valence-corrected chi connectivity index (χ4v) is 6.45. The predicted octanol–water partition coefficient (Wildman–Crippen LogP) is 5.61. The maximum Gasteiger partial charge on any atom is 0.411 e. The highest BCUT2D eigenvalue weighted by molar-refractivity contribution is 5.91. The zero-order valence-electron chi connectivity index (χ0n) is 28.3. The molecular weight excluding hydrogens is 646 g/mol. The van der Waals surface area contributed by atoms with Crippen molar-refractivity contribution in [3.8, 4) is 16.9 Å². The zero-order chi connectivity index (χ0) is 35.6. The lowest BCUT2D eigenvalue weighted by atomic mass is 10.0. The number of hydrogen-bond acceptors (Lipinski definition) is 8. The minimum atomic E-state index is -0.947. The lowest BCUT2D eigenvalue weighted by Crippen LogP contribution is -2.43. The van der Waals surface area contributed by atoms with E-state index in [4.69, 9.17) is 4.74 Å². The number of phenolic OH excluding ortho intramolecular Hbond substituents is 1. The van der Waals surface area contributed by atoms with Crippen molar-refractivity contribution >= 4 is 28.6 Å². The molecule has 264 valence electrons. The Morgan fingerprint density at radius 2 is 1.61 bits per heavy atom. The number of carbonyl (C=O) groups excluding carboxylic acids is 2. The average Bonchev–Trinajstić information content (AvgIpc) is 3.15. The molecule has 0 bridgehead atoms. The number of fused-ring (bicyclic) bond motifs is 1. The van der Waals surface area contributed by atoms with E-state index in [9.17, 15) is 24.6 Å². The number of amides is 2. The van der Waals surface area contributed by atoms with Gasteiger partial charge >= 0.3 is 6.09 Å². The molecule has 1 atom stereocenters. The Morgan fingerprint density at radius 3 is 2.37 bits per heavy atom. The number of para-hydroxylation sites is 1. The number of carbonyl (C=O) groups is 2. The van der Waals surface area contributed by atoms with E-state index in [0.29, 0.717) is 62.1 Å². The van der Waals surface area contributed by atoms with Crippen molar-refractivity contribution in [2.24, 2.45) is 0 Å². The normalized spacial score (nSPS) is 14.2. The van der Waals surface area contributed by atoms with Gasteiger partial charge < -0.3 is 29.7 Å². The van der Waals surface area contributed by atoms with E-state index < -0.39 is 12.2 Å². The topological polar surface area (TPSA) is 147 Å². The number of H-pyrrole nitrogens is 1. The highest BCUT2D eigenvalue weighted by Gasteiger charge is 2.24. The molecule has 2 heterocycles. The van der Waals surface area contributed by atoms with E-state index in [2.05, 4.69) is 20.5 Å². The van der Waals surface area contributed by atoms with Gasteiger partial charge in [0.05, 0.1) is 24.0 Å². The number of likely N-dealkylation sites (tertiary alicyclic amines) is 1. The van der Waals surface area contributed by atoms with Gasteiger partial charge in [-0.05, 0) is 47.7 Å². The standard InChI is InChI=1S/C40H43N5O6/c46-35-17-15-32(33-16-18-37(48)43-39(33)35)36(47)25-41-27-45(26-28-9-3-1-4-10-28)38(49)21-24-44-22-19-30(20-23-44)51-40(50)42-34-14-8-7-13-31(34)29-11-5-2-6-12-29/h1-18,30,36,41,46-47H,19-27H2,(H,42,50)(H,43,48). The van der Waals surface area contributed by atoms with Crippen molar-refractivity contribution in [2.45, 2.75) is 38.0 Å². The van der Waals surface area contributed by atoms with Crippen LogP contribution in [0.4, 0.5) is 10.5 Å². The number of pyridine rings is 1. The molecule has 1 aromatic heterocycles. The Morgan fingerprint density at radius 1 is 0.902 bits per heavy atom. The SMILES string of the molecule is O=C(Nc1ccccc1-c1ccccc1)OC1CCN(CCC(=O)N(CNCC(O)c2ccc(O)c3[nH]c(=O)ccc23)Cc2ccccc2)CC1. The third-order valence-electron chi connectivity index (χ3n) is 9.17. The summed E-state index contributed by atoms with van der Waals surface area (Å²) >= 11 is 0. The van der Waals surface area contributed by atoms with Gasteiger partial charge in [-0.2, -0.15) is 0 Å². The molecule has 1 saturated heterocycles. The lowest BCUT2D eigenvalue weighted by molar-refractivity contribution is -0.132. The molecule has 2 amide bonds. The Kier molecular flexibility index (Phi) is 11.7. The number of aliphatic hydroxyl groups is 1. The molecule has 6 rings (SSSR count). The largest absolute Gasteiger partial charge is 0.506 e. The zero-order valence-corrected chi connectivity index (χ0v) is 28.3. The van der Waals surface area contributed by atoms with Crippen molar-refractivity contribution in [3.05, 3.63) is 131 Å². The number of aromatic nitrogens is 1. The highest BCUT2D eigenvalue weighted by Crippen LogP contribution is 2.29. The monoisotopic (exact) mass is 689 g/mol. The Hall–Kier alpha value is -5.49. The third-order valence-corrected chi connectivity index (χ3v) is 9.17. The molecule has 0 radical (unpaired) electrons. The molecule has 1 aliphatic heterocycles. The molecule has 5 N–H and O–H groups in total. The van der Waals surface area contributed by atoms with Crippen molar-refractivity contribution in [1.82, 2.24) is 20.1 Å². The Balaban J connectivity index is 0.987. The summed E-state index contributed by atoms with van der Waals surface area (Å²) in [5.74, 6) is -0.0995. The van der Waals surface area contributed by atoms with Crippen LogP contribution in [0.5, 0.6) is 5.75 Å². The van der Waals surface area contributed by atoms with Crippen molar-refractivity contribution in [3.63, 3.8) is 0 Å². The molecule has 11 nitrogen and oxygen atoms in total. The molecule has 1 fully saturated rings. The van der Waals surface area contributed by atoms with Gasteiger partial charge in [-0.3, -0.25) is 20.2 Å². The number of phenols is 1. The van der Waals surface area contributed by atoms with Crippen LogP contribution in [-0.2, 0) is 16.1 Å². The van der Waals surface area contributed by atoms with Crippen LogP contribution in [0.25, 0.3) is 22.0 Å². The van der Waals surface area contributed by atoms with Crippen molar-refractivity contribution in [2.75, 3.05) is 38.2 Å². The van der Waals surface area contributed by atoms with Crippen LogP contribution in [0.15, 0.2) is 114 Å². The number of nitrogens with zero attached hydrogens (tertiary/aromatic N) is 2. The number of piperidine rings is 1. The van der Waals surface area contributed by atoms with E-state index in [1.165, 1.54) is 12.1 Å². The van der Waals surface area contributed by atoms with Gasteiger partial charge in [0.15, 0.2) is 0 Å². The van der Waals surface area contributed by atoms with E-state index >= 15 is 0 Å².